The van der Waals surface area contributed by atoms with Gasteiger partial charge < -0.3 is 18.9 Å². The number of hydrogen-bond acceptors (Lipinski definition) is 6. The van der Waals surface area contributed by atoms with Crippen LogP contribution in [0.3, 0.4) is 0 Å². The molecule has 0 spiro atoms. The lowest BCUT2D eigenvalue weighted by molar-refractivity contribution is 0.0516. The average molecular weight is 467 g/mol. The Bertz CT molecular complexity index is 1030. The van der Waals surface area contributed by atoms with Gasteiger partial charge in [-0.25, -0.2) is 9.59 Å². The van der Waals surface area contributed by atoms with Gasteiger partial charge in [-0.1, -0.05) is 13.0 Å². The van der Waals surface area contributed by atoms with Gasteiger partial charge in [-0.2, -0.15) is 0 Å². The first-order valence-electron chi connectivity index (χ1n) is 11.9. The highest BCUT2D eigenvalue weighted by Gasteiger charge is 2.16. The molecule has 2 aromatic carbocycles. The SMILES string of the molecule is CCOC(=O)c1ccc2c(c1)CC=C(C)CO2.CCOC(=O)c1ccc2c(c1)CCC(C)CO2. The minimum absolute atomic E-state index is 0.257. The molecule has 0 saturated heterocycles. The second-order valence-corrected chi connectivity index (χ2v) is 8.58. The topological polar surface area (TPSA) is 71.1 Å². The predicted octanol–water partition coefficient (Wildman–Crippen LogP) is 5.57. The third kappa shape index (κ3) is 6.86. The summed E-state index contributed by atoms with van der Waals surface area (Å²) in [5.74, 6) is 1.79. The van der Waals surface area contributed by atoms with Crippen LogP contribution in [0, 0.1) is 5.92 Å². The molecule has 0 aromatic heterocycles. The first-order valence-corrected chi connectivity index (χ1v) is 11.9. The molecule has 2 aliphatic rings. The quantitative estimate of drug-likeness (QED) is 0.433. The predicted molar refractivity (Wildman–Crippen MR) is 131 cm³/mol. The Morgan fingerprint density at radius 2 is 1.50 bits per heavy atom. The molecule has 6 heteroatoms. The van der Waals surface area contributed by atoms with Gasteiger partial charge >= 0.3 is 11.9 Å². The van der Waals surface area contributed by atoms with Crippen molar-refractivity contribution in [2.24, 2.45) is 5.92 Å². The first kappa shape index (κ1) is 25.3. The Kier molecular flexibility index (Phi) is 9.14. The zero-order valence-corrected chi connectivity index (χ0v) is 20.5. The number of carbonyl (C=O) groups is 2. The molecule has 1 atom stereocenters. The lowest BCUT2D eigenvalue weighted by Gasteiger charge is -2.09. The Hall–Kier alpha value is -3.28. The molecule has 0 aliphatic carbocycles. The van der Waals surface area contributed by atoms with Crippen LogP contribution in [0.25, 0.3) is 0 Å². The van der Waals surface area contributed by atoms with Gasteiger partial charge in [0.05, 0.1) is 30.9 Å². The second-order valence-electron chi connectivity index (χ2n) is 8.58. The van der Waals surface area contributed by atoms with E-state index < -0.39 is 0 Å². The molecular formula is C28H34O6. The van der Waals surface area contributed by atoms with Gasteiger partial charge in [0, 0.05) is 0 Å². The maximum Gasteiger partial charge on any atom is 0.338 e. The van der Waals surface area contributed by atoms with E-state index in [4.69, 9.17) is 18.9 Å². The minimum Gasteiger partial charge on any atom is -0.493 e. The Labute approximate surface area is 201 Å². The Morgan fingerprint density at radius 3 is 2.12 bits per heavy atom. The van der Waals surface area contributed by atoms with Crippen LogP contribution >= 0.6 is 0 Å². The molecule has 0 N–H and O–H groups in total. The summed E-state index contributed by atoms with van der Waals surface area (Å²) in [6, 6.07) is 11.0. The number of aryl methyl sites for hydroxylation is 1. The fourth-order valence-electron chi connectivity index (χ4n) is 3.73. The number of allylic oxidation sites excluding steroid dienone is 1. The number of rotatable bonds is 4. The molecular weight excluding hydrogens is 432 g/mol. The largest absolute Gasteiger partial charge is 0.493 e. The number of esters is 2. The van der Waals surface area contributed by atoms with Crippen LogP contribution in [0.5, 0.6) is 11.5 Å². The number of carbonyl (C=O) groups excluding carboxylic acids is 2. The van der Waals surface area contributed by atoms with Crippen molar-refractivity contribution in [2.45, 2.75) is 47.0 Å². The third-order valence-electron chi connectivity index (χ3n) is 5.70. The zero-order chi connectivity index (χ0) is 24.5. The van der Waals surface area contributed by atoms with Crippen LogP contribution in [0.4, 0.5) is 0 Å². The third-order valence-corrected chi connectivity index (χ3v) is 5.70. The summed E-state index contributed by atoms with van der Waals surface area (Å²) in [4.78, 5) is 23.2. The Morgan fingerprint density at radius 1 is 0.912 bits per heavy atom. The second kappa shape index (κ2) is 12.3. The summed E-state index contributed by atoms with van der Waals surface area (Å²) in [6.07, 6.45) is 4.98. The van der Waals surface area contributed by atoms with Crippen LogP contribution in [0.1, 0.15) is 66.0 Å². The van der Waals surface area contributed by atoms with E-state index in [9.17, 15) is 9.59 Å². The molecule has 2 aromatic rings. The summed E-state index contributed by atoms with van der Waals surface area (Å²) < 4.78 is 21.3. The maximum absolute atomic E-state index is 11.6. The van der Waals surface area contributed by atoms with Crippen molar-refractivity contribution in [3.05, 3.63) is 70.3 Å². The first-order chi connectivity index (χ1) is 16.4. The number of hydrogen-bond donors (Lipinski definition) is 0. The standard InChI is InChI=1S/C14H18O3.C14H16O3/c2*1-3-16-14(15)12-6-7-13-11(8-12)5-4-10(2)9-17-13/h6-8,10H,3-5,9H2,1-2H3;4,6-8H,3,5,9H2,1-2H3. The monoisotopic (exact) mass is 466 g/mol. The van der Waals surface area contributed by atoms with E-state index in [1.54, 1.807) is 19.1 Å². The van der Waals surface area contributed by atoms with E-state index in [2.05, 4.69) is 13.0 Å². The van der Waals surface area contributed by atoms with Crippen molar-refractivity contribution >= 4 is 11.9 Å². The molecule has 4 rings (SSSR count). The van der Waals surface area contributed by atoms with Gasteiger partial charge in [0.25, 0.3) is 0 Å². The zero-order valence-electron chi connectivity index (χ0n) is 20.5. The van der Waals surface area contributed by atoms with Crippen molar-refractivity contribution in [1.29, 1.82) is 0 Å². The van der Waals surface area contributed by atoms with Gasteiger partial charge in [-0.3, -0.25) is 0 Å². The fraction of sp³-hybridized carbons (Fsp3) is 0.429. The van der Waals surface area contributed by atoms with Crippen molar-refractivity contribution in [3.8, 4) is 11.5 Å². The molecule has 0 bridgehead atoms. The normalized spacial score (nSPS) is 16.5. The summed E-state index contributed by atoms with van der Waals surface area (Å²) in [6.45, 7) is 10.0. The molecule has 0 fully saturated rings. The van der Waals surface area contributed by atoms with Gasteiger partial charge in [0.15, 0.2) is 0 Å². The van der Waals surface area contributed by atoms with E-state index >= 15 is 0 Å². The number of benzene rings is 2. The summed E-state index contributed by atoms with van der Waals surface area (Å²) in [5, 5.41) is 0. The van der Waals surface area contributed by atoms with E-state index in [1.807, 2.05) is 38.1 Å². The summed E-state index contributed by atoms with van der Waals surface area (Å²) in [5.41, 5.74) is 4.55. The van der Waals surface area contributed by atoms with Crippen molar-refractivity contribution in [3.63, 3.8) is 0 Å². The minimum atomic E-state index is -0.278. The van der Waals surface area contributed by atoms with Crippen LogP contribution in [-0.4, -0.2) is 38.4 Å². The van der Waals surface area contributed by atoms with Crippen LogP contribution in [0.2, 0.25) is 0 Å². The molecule has 2 heterocycles. The van der Waals surface area contributed by atoms with Gasteiger partial charge in [0.2, 0.25) is 0 Å². The molecule has 2 aliphatic heterocycles. The molecule has 0 radical (unpaired) electrons. The number of fused-ring (bicyclic) bond motifs is 2. The summed E-state index contributed by atoms with van der Waals surface area (Å²) >= 11 is 0. The molecule has 34 heavy (non-hydrogen) atoms. The maximum atomic E-state index is 11.6. The van der Waals surface area contributed by atoms with E-state index in [0.717, 1.165) is 48.5 Å². The molecule has 1 unspecified atom stereocenters. The van der Waals surface area contributed by atoms with Gasteiger partial charge in [0.1, 0.15) is 18.1 Å². The highest BCUT2D eigenvalue weighted by Crippen LogP contribution is 2.27. The molecule has 182 valence electrons. The van der Waals surface area contributed by atoms with Gasteiger partial charge in [-0.05, 0) is 99.0 Å². The van der Waals surface area contributed by atoms with Crippen molar-refractivity contribution in [1.82, 2.24) is 0 Å². The average Bonchev–Trinajstić information content (AvgIpc) is 3.15. The van der Waals surface area contributed by atoms with Crippen molar-refractivity contribution in [2.75, 3.05) is 26.4 Å². The van der Waals surface area contributed by atoms with Crippen LogP contribution in [0.15, 0.2) is 48.0 Å². The van der Waals surface area contributed by atoms with Gasteiger partial charge in [-0.15, -0.1) is 0 Å². The lowest BCUT2D eigenvalue weighted by Crippen LogP contribution is -2.06. The van der Waals surface area contributed by atoms with Crippen LogP contribution in [-0.2, 0) is 22.3 Å². The summed E-state index contributed by atoms with van der Waals surface area (Å²) in [7, 11) is 0. The Balaban J connectivity index is 0.000000191. The van der Waals surface area contributed by atoms with Crippen LogP contribution < -0.4 is 9.47 Å². The molecule has 0 amide bonds. The van der Waals surface area contributed by atoms with E-state index in [0.29, 0.717) is 36.9 Å². The van der Waals surface area contributed by atoms with Crippen molar-refractivity contribution < 1.29 is 28.5 Å². The highest BCUT2D eigenvalue weighted by atomic mass is 16.5. The number of ether oxygens (including phenoxy) is 4. The lowest BCUT2D eigenvalue weighted by atomic mass is 10.0. The van der Waals surface area contributed by atoms with E-state index in [-0.39, 0.29) is 11.9 Å². The molecule has 0 saturated carbocycles. The molecule has 6 nitrogen and oxygen atoms in total. The fourth-order valence-corrected chi connectivity index (χ4v) is 3.73. The smallest absolute Gasteiger partial charge is 0.338 e. The highest BCUT2D eigenvalue weighted by molar-refractivity contribution is 5.90. The van der Waals surface area contributed by atoms with E-state index in [1.165, 1.54) is 5.57 Å².